The van der Waals surface area contributed by atoms with Crippen LogP contribution in [-0.2, 0) is 4.79 Å². The van der Waals surface area contributed by atoms with Crippen molar-refractivity contribution < 1.29 is 4.79 Å². The van der Waals surface area contributed by atoms with Crippen molar-refractivity contribution in [1.82, 2.24) is 14.9 Å². The van der Waals surface area contributed by atoms with Gasteiger partial charge in [0.25, 0.3) is 0 Å². The quantitative estimate of drug-likeness (QED) is 0.865. The third kappa shape index (κ3) is 4.61. The van der Waals surface area contributed by atoms with E-state index in [1.54, 1.807) is 6.20 Å². The molecule has 2 aromatic rings. The second-order valence-corrected chi connectivity index (χ2v) is 8.16. The van der Waals surface area contributed by atoms with Gasteiger partial charge >= 0.3 is 0 Å². The Kier molecular flexibility index (Phi) is 5.19. The summed E-state index contributed by atoms with van der Waals surface area (Å²) in [5.74, 6) is 0.0251. The minimum absolute atomic E-state index is 0.0251. The van der Waals surface area contributed by atoms with Crippen molar-refractivity contribution in [2.75, 3.05) is 0 Å². The lowest BCUT2D eigenvalue weighted by Gasteiger charge is -2.23. The van der Waals surface area contributed by atoms with Gasteiger partial charge in [0.1, 0.15) is 0 Å². The molecule has 1 aromatic carbocycles. The van der Waals surface area contributed by atoms with Crippen LogP contribution in [0.2, 0.25) is 0 Å². The summed E-state index contributed by atoms with van der Waals surface area (Å²) >= 11 is 1.47. The van der Waals surface area contributed by atoms with E-state index in [9.17, 15) is 4.79 Å². The first-order valence-electron chi connectivity index (χ1n) is 7.77. The van der Waals surface area contributed by atoms with E-state index in [0.29, 0.717) is 0 Å². The van der Waals surface area contributed by atoms with E-state index in [0.717, 1.165) is 10.8 Å². The van der Waals surface area contributed by atoms with Crippen LogP contribution in [0.1, 0.15) is 38.8 Å². The van der Waals surface area contributed by atoms with Crippen molar-refractivity contribution in [3.8, 4) is 5.69 Å². The van der Waals surface area contributed by atoms with Gasteiger partial charge < -0.3 is 5.32 Å². The first-order chi connectivity index (χ1) is 10.7. The lowest BCUT2D eigenvalue weighted by Crippen LogP contribution is -2.44. The molecule has 5 heteroatoms. The number of rotatable bonds is 4. The van der Waals surface area contributed by atoms with Gasteiger partial charge in [0.2, 0.25) is 5.91 Å². The highest BCUT2D eigenvalue weighted by molar-refractivity contribution is 8.00. The van der Waals surface area contributed by atoms with E-state index >= 15 is 0 Å². The number of imidazole rings is 1. The maximum absolute atomic E-state index is 12.3. The van der Waals surface area contributed by atoms with Crippen LogP contribution < -0.4 is 5.32 Å². The van der Waals surface area contributed by atoms with E-state index in [4.69, 9.17) is 0 Å². The van der Waals surface area contributed by atoms with E-state index in [-0.39, 0.29) is 16.7 Å². The summed E-state index contributed by atoms with van der Waals surface area (Å²) in [6.07, 6.45) is 3.70. The van der Waals surface area contributed by atoms with Crippen molar-refractivity contribution in [2.24, 2.45) is 0 Å². The zero-order valence-corrected chi connectivity index (χ0v) is 15.5. The molecule has 0 aliphatic heterocycles. The highest BCUT2D eigenvalue weighted by Crippen LogP contribution is 2.26. The summed E-state index contributed by atoms with van der Waals surface area (Å²) < 4.78 is 2.03. The molecule has 0 aliphatic rings. The number of carbonyl (C=O) groups excluding carboxylic acids is 1. The van der Waals surface area contributed by atoms with Gasteiger partial charge in [-0.25, -0.2) is 4.98 Å². The molecule has 0 spiro atoms. The van der Waals surface area contributed by atoms with Crippen LogP contribution in [0.15, 0.2) is 35.7 Å². The van der Waals surface area contributed by atoms with E-state index in [1.165, 1.54) is 22.9 Å². The number of nitrogens with zero attached hydrogens (tertiary/aromatic N) is 2. The number of hydrogen-bond donors (Lipinski definition) is 1. The lowest BCUT2D eigenvalue weighted by molar-refractivity contribution is -0.121. The van der Waals surface area contributed by atoms with E-state index in [1.807, 2.05) is 38.5 Å². The highest BCUT2D eigenvalue weighted by atomic mass is 32.2. The van der Waals surface area contributed by atoms with Crippen molar-refractivity contribution in [3.63, 3.8) is 0 Å². The molecule has 1 atom stereocenters. The van der Waals surface area contributed by atoms with Crippen LogP contribution in [0.25, 0.3) is 5.69 Å². The van der Waals surface area contributed by atoms with Crippen LogP contribution in [0, 0.1) is 13.8 Å². The van der Waals surface area contributed by atoms with Crippen LogP contribution in [0.5, 0.6) is 0 Å². The average molecular weight is 331 g/mol. The SMILES string of the molecule is Cc1ccc(-n2ccnc2SC(C)C(=O)NC(C)(C)C)cc1C. The Morgan fingerprint density at radius 2 is 1.96 bits per heavy atom. The molecule has 124 valence electrons. The predicted octanol–water partition coefficient (Wildman–Crippen LogP) is 3.88. The molecule has 0 saturated heterocycles. The average Bonchev–Trinajstić information content (AvgIpc) is 2.88. The summed E-state index contributed by atoms with van der Waals surface area (Å²) in [4.78, 5) is 16.7. The van der Waals surface area contributed by atoms with Crippen molar-refractivity contribution in [3.05, 3.63) is 41.7 Å². The number of hydrogen-bond acceptors (Lipinski definition) is 3. The van der Waals surface area contributed by atoms with E-state index in [2.05, 4.69) is 42.3 Å². The summed E-state index contributed by atoms with van der Waals surface area (Å²) in [6.45, 7) is 12.1. The van der Waals surface area contributed by atoms with Gasteiger partial charge in [0.15, 0.2) is 5.16 Å². The summed E-state index contributed by atoms with van der Waals surface area (Å²) in [5, 5.41) is 3.63. The Morgan fingerprint density at radius 1 is 1.26 bits per heavy atom. The number of nitrogens with one attached hydrogen (secondary N) is 1. The molecule has 1 amide bonds. The van der Waals surface area contributed by atoms with Crippen molar-refractivity contribution in [2.45, 2.75) is 57.5 Å². The second-order valence-electron chi connectivity index (χ2n) is 6.85. The van der Waals surface area contributed by atoms with Crippen LogP contribution in [0.4, 0.5) is 0 Å². The molecule has 1 N–H and O–H groups in total. The first kappa shape index (κ1) is 17.6. The third-order valence-corrected chi connectivity index (χ3v) is 4.61. The molecular formula is C18H25N3OS. The number of amides is 1. The maximum Gasteiger partial charge on any atom is 0.233 e. The molecule has 0 bridgehead atoms. The highest BCUT2D eigenvalue weighted by Gasteiger charge is 2.22. The molecule has 23 heavy (non-hydrogen) atoms. The van der Waals surface area contributed by atoms with Gasteiger partial charge in [-0.05, 0) is 64.8 Å². The standard InChI is InChI=1S/C18H25N3OS/c1-12-7-8-15(11-13(12)2)21-10-9-19-17(21)23-14(3)16(22)20-18(4,5)6/h7-11,14H,1-6H3,(H,20,22). The molecule has 0 fully saturated rings. The molecule has 1 aromatic heterocycles. The minimum Gasteiger partial charge on any atom is -0.351 e. The predicted molar refractivity (Wildman–Crippen MR) is 96.3 cm³/mol. The molecule has 0 radical (unpaired) electrons. The van der Waals surface area contributed by atoms with Gasteiger partial charge in [-0.15, -0.1) is 0 Å². The third-order valence-electron chi connectivity index (χ3n) is 3.53. The summed E-state index contributed by atoms with van der Waals surface area (Å²) in [6, 6.07) is 6.32. The summed E-state index contributed by atoms with van der Waals surface area (Å²) in [5.41, 5.74) is 3.35. The molecule has 1 heterocycles. The van der Waals surface area contributed by atoms with Gasteiger partial charge in [-0.2, -0.15) is 0 Å². The molecular weight excluding hydrogens is 306 g/mol. The Labute approximate surface area is 142 Å². The van der Waals surface area contributed by atoms with Gasteiger partial charge in [-0.3, -0.25) is 9.36 Å². The second kappa shape index (κ2) is 6.79. The fourth-order valence-electron chi connectivity index (χ4n) is 2.13. The van der Waals surface area contributed by atoms with Crippen molar-refractivity contribution >= 4 is 17.7 Å². The molecule has 0 saturated carbocycles. The Bertz CT molecular complexity index is 701. The monoisotopic (exact) mass is 331 g/mol. The van der Waals surface area contributed by atoms with Gasteiger partial charge in [-0.1, -0.05) is 17.8 Å². The lowest BCUT2D eigenvalue weighted by atomic mass is 10.1. The first-order valence-corrected chi connectivity index (χ1v) is 8.65. The Morgan fingerprint density at radius 3 is 2.57 bits per heavy atom. The molecule has 4 nitrogen and oxygen atoms in total. The number of carbonyl (C=O) groups is 1. The van der Waals surface area contributed by atoms with Crippen LogP contribution in [0.3, 0.4) is 0 Å². The Hall–Kier alpha value is -1.75. The number of aromatic nitrogens is 2. The maximum atomic E-state index is 12.3. The fourth-order valence-corrected chi connectivity index (χ4v) is 3.02. The number of aryl methyl sites for hydroxylation is 2. The molecule has 1 unspecified atom stereocenters. The topological polar surface area (TPSA) is 46.9 Å². The van der Waals surface area contributed by atoms with E-state index < -0.39 is 0 Å². The summed E-state index contributed by atoms with van der Waals surface area (Å²) in [7, 11) is 0. The largest absolute Gasteiger partial charge is 0.351 e. The zero-order chi connectivity index (χ0) is 17.2. The van der Waals surface area contributed by atoms with Gasteiger partial charge in [0.05, 0.1) is 5.25 Å². The van der Waals surface area contributed by atoms with Gasteiger partial charge in [0, 0.05) is 23.6 Å². The molecule has 0 aliphatic carbocycles. The smallest absolute Gasteiger partial charge is 0.233 e. The fraction of sp³-hybridized carbons (Fsp3) is 0.444. The normalized spacial score (nSPS) is 13.0. The van der Waals surface area contributed by atoms with Crippen LogP contribution >= 0.6 is 11.8 Å². The minimum atomic E-state index is -0.227. The van der Waals surface area contributed by atoms with Crippen LogP contribution in [-0.4, -0.2) is 26.2 Å². The van der Waals surface area contributed by atoms with Crippen molar-refractivity contribution in [1.29, 1.82) is 0 Å². The number of thioether (sulfide) groups is 1. The Balaban J connectivity index is 2.18. The molecule has 2 rings (SSSR count). The number of benzene rings is 1. The zero-order valence-electron chi connectivity index (χ0n) is 14.7.